The van der Waals surface area contributed by atoms with Crippen LogP contribution in [-0.4, -0.2) is 57.1 Å². The average Bonchev–Trinajstić information content (AvgIpc) is 3.18. The molecule has 1 aliphatic heterocycles. The molecule has 0 radical (unpaired) electrons. The molecule has 1 heterocycles. The van der Waals surface area contributed by atoms with Crippen LogP contribution in [0.5, 0.6) is 11.5 Å². The summed E-state index contributed by atoms with van der Waals surface area (Å²) in [5, 5.41) is 6.10. The smallest absolute Gasteiger partial charge is 0.220 e. The molecule has 1 unspecified atom stereocenters. The molecule has 4 aromatic rings. The molecule has 0 fully saturated rings. The average molecular weight is 758 g/mol. The molecule has 0 saturated carbocycles. The zero-order chi connectivity index (χ0) is 37.5. The molecular weight excluding hydrogens is 701 g/mol. The molecule has 0 spiro atoms. The van der Waals surface area contributed by atoms with Crippen molar-refractivity contribution in [3.63, 3.8) is 0 Å². The van der Waals surface area contributed by atoms with Gasteiger partial charge < -0.3 is 20.1 Å². The first-order valence-corrected chi connectivity index (χ1v) is 19.2. The number of aryl methyl sites for hydroxylation is 1. The zero-order valence-corrected chi connectivity index (χ0v) is 32.9. The van der Waals surface area contributed by atoms with E-state index in [1.165, 1.54) is 34.4 Å². The van der Waals surface area contributed by atoms with Crippen LogP contribution in [-0.2, 0) is 27.8 Å². The molecule has 5 rings (SSSR count). The summed E-state index contributed by atoms with van der Waals surface area (Å²) < 4.78 is 24.7. The number of halogens is 2. The predicted octanol–water partition coefficient (Wildman–Crippen LogP) is 8.77. The highest BCUT2D eigenvalue weighted by atomic mass is 35.5. The predicted molar refractivity (Wildman–Crippen MR) is 217 cm³/mol. The van der Waals surface area contributed by atoms with Crippen LogP contribution in [0.1, 0.15) is 92.1 Å². The summed E-state index contributed by atoms with van der Waals surface area (Å²) in [4.78, 5) is 26.9. The Morgan fingerprint density at radius 3 is 2.04 bits per heavy atom. The number of rotatable bonds is 20. The second-order valence-corrected chi connectivity index (χ2v) is 14.2. The van der Waals surface area contributed by atoms with Gasteiger partial charge in [-0.3, -0.25) is 14.5 Å². The number of methoxy groups -OCH3 is 2. The molecular formula is C45H57ClFN3O4. The van der Waals surface area contributed by atoms with Crippen LogP contribution < -0.4 is 20.1 Å². The summed E-state index contributed by atoms with van der Waals surface area (Å²) in [5.74, 6) is 1.28. The van der Waals surface area contributed by atoms with E-state index in [4.69, 9.17) is 9.47 Å². The topological polar surface area (TPSA) is 79.9 Å². The first kappa shape index (κ1) is 42.3. The van der Waals surface area contributed by atoms with Crippen molar-refractivity contribution in [1.82, 2.24) is 15.5 Å². The number of unbranched alkanes of at least 4 members (excludes halogenated alkanes) is 1. The number of nitrogens with zero attached hydrogens (tertiary/aromatic N) is 1. The van der Waals surface area contributed by atoms with Gasteiger partial charge in [0.2, 0.25) is 11.8 Å². The lowest BCUT2D eigenvalue weighted by Crippen LogP contribution is -2.37. The fourth-order valence-corrected chi connectivity index (χ4v) is 8.00. The van der Waals surface area contributed by atoms with Crippen molar-refractivity contribution in [2.45, 2.75) is 82.6 Å². The summed E-state index contributed by atoms with van der Waals surface area (Å²) in [7, 11) is 3.38. The van der Waals surface area contributed by atoms with E-state index >= 15 is 0 Å². The van der Waals surface area contributed by atoms with E-state index in [1.54, 1.807) is 33.3 Å². The molecule has 0 bridgehead atoms. The summed E-state index contributed by atoms with van der Waals surface area (Å²) >= 11 is 0. The Bertz CT molecular complexity index is 1700. The molecule has 290 valence electrons. The lowest BCUT2D eigenvalue weighted by atomic mass is 9.68. The van der Waals surface area contributed by atoms with E-state index in [0.717, 1.165) is 81.5 Å². The van der Waals surface area contributed by atoms with Crippen molar-refractivity contribution >= 4 is 24.2 Å². The Morgan fingerprint density at radius 2 is 1.41 bits per heavy atom. The van der Waals surface area contributed by atoms with E-state index < -0.39 is 0 Å². The van der Waals surface area contributed by atoms with Crippen molar-refractivity contribution in [1.29, 1.82) is 0 Å². The van der Waals surface area contributed by atoms with Gasteiger partial charge in [0.25, 0.3) is 0 Å². The van der Waals surface area contributed by atoms with E-state index in [1.807, 2.05) is 0 Å². The molecule has 2 amide bonds. The van der Waals surface area contributed by atoms with Crippen LogP contribution in [0.15, 0.2) is 97.1 Å². The summed E-state index contributed by atoms with van der Waals surface area (Å²) in [6, 6.07) is 32.6. The molecule has 4 aromatic carbocycles. The highest BCUT2D eigenvalue weighted by molar-refractivity contribution is 5.85. The van der Waals surface area contributed by atoms with Gasteiger partial charge in [0.1, 0.15) is 5.82 Å². The van der Waals surface area contributed by atoms with E-state index in [9.17, 15) is 14.0 Å². The third-order valence-corrected chi connectivity index (χ3v) is 10.7. The molecule has 1 atom stereocenters. The van der Waals surface area contributed by atoms with Gasteiger partial charge in [0, 0.05) is 44.4 Å². The number of fused-ring (bicyclic) bond motifs is 1. The fourth-order valence-electron chi connectivity index (χ4n) is 8.00. The minimum absolute atomic E-state index is 0. The quantitative estimate of drug-likeness (QED) is 0.0882. The van der Waals surface area contributed by atoms with Crippen molar-refractivity contribution in [3.05, 3.63) is 131 Å². The van der Waals surface area contributed by atoms with Crippen molar-refractivity contribution in [2.24, 2.45) is 0 Å². The maximum Gasteiger partial charge on any atom is 0.220 e. The van der Waals surface area contributed by atoms with Gasteiger partial charge in [-0.25, -0.2) is 4.39 Å². The van der Waals surface area contributed by atoms with Gasteiger partial charge in [-0.05, 0) is 116 Å². The van der Waals surface area contributed by atoms with Crippen LogP contribution in [0.3, 0.4) is 0 Å². The summed E-state index contributed by atoms with van der Waals surface area (Å²) in [6.07, 6.45) is 8.52. The number of carbonyl (C=O) groups is 2. The van der Waals surface area contributed by atoms with Crippen LogP contribution in [0.4, 0.5) is 4.39 Å². The van der Waals surface area contributed by atoms with Gasteiger partial charge >= 0.3 is 0 Å². The number of amides is 2. The molecule has 0 aliphatic carbocycles. The van der Waals surface area contributed by atoms with Crippen LogP contribution in [0.25, 0.3) is 0 Å². The zero-order valence-electron chi connectivity index (χ0n) is 32.1. The highest BCUT2D eigenvalue weighted by Crippen LogP contribution is 2.43. The molecule has 0 aromatic heterocycles. The molecule has 7 nitrogen and oxygen atoms in total. The Labute approximate surface area is 327 Å². The number of carbonyl (C=O) groups excluding carboxylic acids is 2. The molecule has 54 heavy (non-hydrogen) atoms. The van der Waals surface area contributed by atoms with Crippen LogP contribution in [0.2, 0.25) is 0 Å². The van der Waals surface area contributed by atoms with Crippen molar-refractivity contribution < 1.29 is 23.5 Å². The van der Waals surface area contributed by atoms with Gasteiger partial charge in [-0.2, -0.15) is 0 Å². The maximum atomic E-state index is 13.3. The first-order chi connectivity index (χ1) is 25.8. The van der Waals surface area contributed by atoms with E-state index in [2.05, 4.69) is 88.3 Å². The highest BCUT2D eigenvalue weighted by Gasteiger charge is 2.35. The van der Waals surface area contributed by atoms with Crippen LogP contribution in [0, 0.1) is 5.82 Å². The number of hydrogen-bond donors (Lipinski definition) is 2. The van der Waals surface area contributed by atoms with Gasteiger partial charge in [-0.15, -0.1) is 12.4 Å². The van der Waals surface area contributed by atoms with Crippen molar-refractivity contribution in [2.75, 3.05) is 40.4 Å². The standard InChI is InChI=1S/C45H56FN3O4.ClH/c1-34(50)47-28-11-10-18-41-40-33-43(53-3)42(52-2)32-36(40)25-31-49(41)30-13-27-45(37-14-6-4-7-15-37,38-16-8-5-9-17-38)26-12-29-48-44(51)24-21-35-19-22-39(46)23-20-35;/h4-9,14-17,19-20,22-23,32-33,41H,10-13,18,21,24-31H2,1-3H3,(H,47,50)(H,48,51);1H. The maximum absolute atomic E-state index is 13.3. The molecule has 0 saturated heterocycles. The second-order valence-electron chi connectivity index (χ2n) is 14.2. The molecule has 9 heteroatoms. The summed E-state index contributed by atoms with van der Waals surface area (Å²) in [5.41, 5.74) is 5.94. The lowest BCUT2D eigenvalue weighted by molar-refractivity contribution is -0.121. The minimum atomic E-state index is -0.267. The van der Waals surface area contributed by atoms with Crippen molar-refractivity contribution in [3.8, 4) is 11.5 Å². The number of hydrogen-bond acceptors (Lipinski definition) is 5. The normalized spacial score (nSPS) is 14.0. The SMILES string of the molecule is COc1cc2c(cc1OC)C(CCCCNC(C)=O)N(CCCC(CCCNC(=O)CCc1ccc(F)cc1)(c1ccccc1)c1ccccc1)CC2.Cl. The van der Waals surface area contributed by atoms with Gasteiger partial charge in [-0.1, -0.05) is 72.8 Å². The first-order valence-electron chi connectivity index (χ1n) is 19.2. The van der Waals surface area contributed by atoms with E-state index in [-0.39, 0.29) is 41.5 Å². The number of ether oxygens (including phenoxy) is 2. The Hall–Kier alpha value is -4.40. The molecule has 2 N–H and O–H groups in total. The van der Waals surface area contributed by atoms with E-state index in [0.29, 0.717) is 25.9 Å². The largest absolute Gasteiger partial charge is 0.493 e. The lowest BCUT2D eigenvalue weighted by Gasteiger charge is -2.40. The Morgan fingerprint density at radius 1 is 0.796 bits per heavy atom. The Kier molecular flexibility index (Phi) is 16.8. The van der Waals surface area contributed by atoms with Gasteiger partial charge in [0.15, 0.2) is 11.5 Å². The summed E-state index contributed by atoms with van der Waals surface area (Å²) in [6.45, 7) is 4.76. The van der Waals surface area contributed by atoms with Gasteiger partial charge in [0.05, 0.1) is 14.2 Å². The second kappa shape index (κ2) is 21.5. The van der Waals surface area contributed by atoms with Crippen LogP contribution >= 0.6 is 12.4 Å². The number of nitrogens with one attached hydrogen (secondary N) is 2. The molecule has 1 aliphatic rings. The minimum Gasteiger partial charge on any atom is -0.493 e. The third kappa shape index (κ3) is 11.6. The fraction of sp³-hybridized carbons (Fsp3) is 0.422. The Balaban J connectivity index is 0.00000650. The third-order valence-electron chi connectivity index (χ3n) is 10.7. The monoisotopic (exact) mass is 757 g/mol. The number of benzene rings is 4.